The van der Waals surface area contributed by atoms with Crippen molar-refractivity contribution in [3.63, 3.8) is 0 Å². The van der Waals surface area contributed by atoms with Crippen LogP contribution in [0, 0.1) is 22.7 Å². The third-order valence-electron chi connectivity index (χ3n) is 2.47. The highest BCUT2D eigenvalue weighted by molar-refractivity contribution is 5.79. The van der Waals surface area contributed by atoms with E-state index in [1.54, 1.807) is 24.5 Å². The summed E-state index contributed by atoms with van der Waals surface area (Å²) >= 11 is 0. The number of rotatable bonds is 2. The van der Waals surface area contributed by atoms with Gasteiger partial charge in [0.15, 0.2) is 0 Å². The zero-order valence-electron chi connectivity index (χ0n) is 9.40. The van der Waals surface area contributed by atoms with Crippen LogP contribution in [0.25, 0.3) is 0 Å². The van der Waals surface area contributed by atoms with E-state index in [0.717, 1.165) is 0 Å². The molecule has 1 aromatic rings. The van der Waals surface area contributed by atoms with Gasteiger partial charge in [0, 0.05) is 18.8 Å². The molecule has 3 heteroatoms. The zero-order chi connectivity index (χ0) is 11.5. The van der Waals surface area contributed by atoms with E-state index in [1.807, 2.05) is 20.8 Å². The minimum atomic E-state index is -0.243. The number of nitriles is 1. The van der Waals surface area contributed by atoms with Crippen LogP contribution in [0.2, 0.25) is 0 Å². The van der Waals surface area contributed by atoms with Crippen LogP contribution in [0.1, 0.15) is 32.0 Å². The second-order valence-electron chi connectivity index (χ2n) is 4.74. The Kier molecular flexibility index (Phi) is 3.31. The maximum Gasteiger partial charge on any atom is 0.231 e. The number of hydrogen-bond acceptors (Lipinski definition) is 2. The Labute approximate surface area is 90.3 Å². The van der Waals surface area contributed by atoms with Crippen molar-refractivity contribution in [2.75, 3.05) is 0 Å². The Hall–Kier alpha value is -1.56. The predicted molar refractivity (Wildman–Crippen MR) is 58.2 cm³/mol. The Balaban J connectivity index is 2.70. The summed E-state index contributed by atoms with van der Waals surface area (Å²) in [7, 11) is 0. The van der Waals surface area contributed by atoms with Crippen molar-refractivity contribution in [2.45, 2.75) is 27.2 Å². The molecule has 0 amide bonds. The maximum absolute atomic E-state index is 11.7. The lowest BCUT2D eigenvalue weighted by Gasteiger charge is -2.23. The molecule has 0 fully saturated rings. The molecule has 1 aromatic heterocycles. The van der Waals surface area contributed by atoms with E-state index in [1.165, 1.54) is 4.57 Å². The molecule has 0 aliphatic heterocycles. The lowest BCUT2D eigenvalue weighted by Crippen LogP contribution is -2.24. The molecule has 15 heavy (non-hydrogen) atoms. The van der Waals surface area contributed by atoms with Gasteiger partial charge in [0.2, 0.25) is 5.91 Å². The Morgan fingerprint density at radius 2 is 1.93 bits per heavy atom. The van der Waals surface area contributed by atoms with Gasteiger partial charge in [-0.25, -0.2) is 0 Å². The second-order valence-corrected chi connectivity index (χ2v) is 4.74. The van der Waals surface area contributed by atoms with Crippen molar-refractivity contribution in [3.05, 3.63) is 24.5 Å². The molecule has 0 aromatic carbocycles. The highest BCUT2D eigenvalue weighted by Crippen LogP contribution is 2.28. The summed E-state index contributed by atoms with van der Waals surface area (Å²) in [6.07, 6.45) is 3.69. The van der Waals surface area contributed by atoms with Crippen molar-refractivity contribution in [1.82, 2.24) is 4.57 Å². The van der Waals surface area contributed by atoms with Crippen LogP contribution >= 0.6 is 0 Å². The van der Waals surface area contributed by atoms with Crippen molar-refractivity contribution in [3.8, 4) is 6.07 Å². The Morgan fingerprint density at radius 1 is 1.40 bits per heavy atom. The summed E-state index contributed by atoms with van der Waals surface area (Å²) in [5.41, 5.74) is -0.155. The molecule has 1 heterocycles. The average molecular weight is 204 g/mol. The van der Waals surface area contributed by atoms with Gasteiger partial charge in [0.05, 0.1) is 12.0 Å². The topological polar surface area (TPSA) is 45.8 Å². The van der Waals surface area contributed by atoms with Crippen molar-refractivity contribution < 1.29 is 4.79 Å². The van der Waals surface area contributed by atoms with Gasteiger partial charge < -0.3 is 0 Å². The van der Waals surface area contributed by atoms with Crippen molar-refractivity contribution in [1.29, 1.82) is 5.26 Å². The summed E-state index contributed by atoms with van der Waals surface area (Å²) in [4.78, 5) is 11.7. The van der Waals surface area contributed by atoms with Gasteiger partial charge in [-0.3, -0.25) is 9.36 Å². The third kappa shape index (κ3) is 2.95. The van der Waals surface area contributed by atoms with Gasteiger partial charge >= 0.3 is 0 Å². The lowest BCUT2D eigenvalue weighted by atomic mass is 9.79. The number of carbonyl (C=O) groups excluding carboxylic acids is 1. The minimum Gasteiger partial charge on any atom is -0.295 e. The van der Waals surface area contributed by atoms with E-state index in [-0.39, 0.29) is 23.7 Å². The largest absolute Gasteiger partial charge is 0.295 e. The molecule has 0 bridgehead atoms. The standard InChI is InChI=1S/C12H16N2O/c1-12(2,3)10(9-13)8-11(15)14-6-4-5-7-14/h4-7,10H,8H2,1-3H3. The summed E-state index contributed by atoms with van der Waals surface area (Å²) < 4.78 is 1.52. The number of nitrogens with zero attached hydrogens (tertiary/aromatic N) is 2. The molecule has 0 spiro atoms. The summed E-state index contributed by atoms with van der Waals surface area (Å²) in [5.74, 6) is -0.270. The van der Waals surface area contributed by atoms with E-state index < -0.39 is 0 Å². The van der Waals surface area contributed by atoms with Crippen LogP contribution in [0.5, 0.6) is 0 Å². The molecule has 0 radical (unpaired) electrons. The van der Waals surface area contributed by atoms with Crippen LogP contribution in [0.4, 0.5) is 0 Å². The van der Waals surface area contributed by atoms with Gasteiger partial charge in [-0.1, -0.05) is 20.8 Å². The normalized spacial score (nSPS) is 13.2. The van der Waals surface area contributed by atoms with E-state index in [0.29, 0.717) is 0 Å². The summed E-state index contributed by atoms with van der Waals surface area (Å²) in [6.45, 7) is 5.93. The molecule has 80 valence electrons. The van der Waals surface area contributed by atoms with E-state index in [4.69, 9.17) is 5.26 Å². The molecular weight excluding hydrogens is 188 g/mol. The first-order valence-electron chi connectivity index (χ1n) is 5.01. The maximum atomic E-state index is 11.7. The Bertz CT molecular complexity index is 365. The molecule has 1 rings (SSSR count). The zero-order valence-corrected chi connectivity index (χ0v) is 9.40. The first-order valence-corrected chi connectivity index (χ1v) is 5.01. The fraction of sp³-hybridized carbons (Fsp3) is 0.500. The van der Waals surface area contributed by atoms with Gasteiger partial charge in [-0.05, 0) is 17.5 Å². The fourth-order valence-corrected chi connectivity index (χ4v) is 1.33. The van der Waals surface area contributed by atoms with Gasteiger partial charge in [0.1, 0.15) is 0 Å². The van der Waals surface area contributed by atoms with Gasteiger partial charge in [-0.2, -0.15) is 5.26 Å². The number of hydrogen-bond donors (Lipinski definition) is 0. The molecule has 0 saturated heterocycles. The minimum absolute atomic E-state index is 0.0264. The summed E-state index contributed by atoms with van der Waals surface area (Å²) in [6, 6.07) is 5.80. The van der Waals surface area contributed by atoms with E-state index in [9.17, 15) is 4.79 Å². The molecule has 0 N–H and O–H groups in total. The fourth-order valence-electron chi connectivity index (χ4n) is 1.33. The van der Waals surface area contributed by atoms with Crippen LogP contribution in [0.3, 0.4) is 0 Å². The molecule has 3 nitrogen and oxygen atoms in total. The molecule has 0 aliphatic rings. The van der Waals surface area contributed by atoms with Crippen LogP contribution < -0.4 is 0 Å². The third-order valence-corrected chi connectivity index (χ3v) is 2.47. The summed E-state index contributed by atoms with van der Waals surface area (Å²) in [5, 5.41) is 9.00. The molecule has 1 unspecified atom stereocenters. The van der Waals surface area contributed by atoms with Crippen LogP contribution in [0.15, 0.2) is 24.5 Å². The highest BCUT2D eigenvalue weighted by atomic mass is 16.1. The van der Waals surface area contributed by atoms with E-state index >= 15 is 0 Å². The van der Waals surface area contributed by atoms with E-state index in [2.05, 4.69) is 6.07 Å². The first-order chi connectivity index (χ1) is 6.95. The average Bonchev–Trinajstić information content (AvgIpc) is 2.64. The molecule has 0 aliphatic carbocycles. The van der Waals surface area contributed by atoms with Gasteiger partial charge in [-0.15, -0.1) is 0 Å². The van der Waals surface area contributed by atoms with Gasteiger partial charge in [0.25, 0.3) is 0 Å². The van der Waals surface area contributed by atoms with Crippen molar-refractivity contribution in [2.24, 2.45) is 11.3 Å². The highest BCUT2D eigenvalue weighted by Gasteiger charge is 2.27. The number of carbonyl (C=O) groups is 1. The van der Waals surface area contributed by atoms with Crippen LogP contribution in [-0.2, 0) is 0 Å². The quantitative estimate of drug-likeness (QED) is 0.743. The lowest BCUT2D eigenvalue weighted by molar-refractivity contribution is 0.0861. The Morgan fingerprint density at radius 3 is 2.33 bits per heavy atom. The SMILES string of the molecule is CC(C)(C)C(C#N)CC(=O)n1cccc1. The van der Waals surface area contributed by atoms with Crippen molar-refractivity contribution >= 4 is 5.91 Å². The molecular formula is C12H16N2O. The molecule has 0 saturated carbocycles. The van der Waals surface area contributed by atoms with Crippen LogP contribution in [-0.4, -0.2) is 10.5 Å². The first kappa shape index (κ1) is 11.5. The smallest absolute Gasteiger partial charge is 0.231 e. The number of aromatic nitrogens is 1. The second kappa shape index (κ2) is 4.31. The predicted octanol–water partition coefficient (Wildman–Crippen LogP) is 2.70. The monoisotopic (exact) mass is 204 g/mol. The molecule has 1 atom stereocenters.